The van der Waals surface area contributed by atoms with E-state index < -0.39 is 0 Å². The Hall–Kier alpha value is -0.0500. The lowest BCUT2D eigenvalue weighted by Gasteiger charge is -2.18. The maximum Gasteiger partial charge on any atom is 0.0939 e. The van der Waals surface area contributed by atoms with Crippen molar-refractivity contribution in [2.45, 2.75) is 63.5 Å². The van der Waals surface area contributed by atoms with Crippen LogP contribution in [-0.2, 0) is 10.2 Å². The lowest BCUT2D eigenvalue weighted by Crippen LogP contribution is -2.13. The van der Waals surface area contributed by atoms with Crippen LogP contribution in [0.15, 0.2) is 12.1 Å². The Morgan fingerprint density at radius 1 is 1.35 bits per heavy atom. The van der Waals surface area contributed by atoms with Gasteiger partial charge in [0.1, 0.15) is 0 Å². The quantitative estimate of drug-likeness (QED) is 0.697. The van der Waals surface area contributed by atoms with Crippen molar-refractivity contribution >= 4 is 22.9 Å². The molecule has 3 atom stereocenters. The zero-order valence-electron chi connectivity index (χ0n) is 11.0. The first-order valence-corrected chi connectivity index (χ1v) is 7.53. The topological polar surface area (TPSA) is 9.23 Å². The summed E-state index contributed by atoms with van der Waals surface area (Å²) in [7, 11) is 0. The molecule has 0 radical (unpaired) electrons. The van der Waals surface area contributed by atoms with Crippen LogP contribution in [0.4, 0.5) is 0 Å². The number of alkyl halides is 1. The summed E-state index contributed by atoms with van der Waals surface area (Å²) in [6.07, 6.45) is 2.77. The number of hydrogen-bond acceptors (Lipinski definition) is 2. The van der Waals surface area contributed by atoms with Crippen LogP contribution in [0, 0.1) is 0 Å². The molecule has 0 spiro atoms. The van der Waals surface area contributed by atoms with Gasteiger partial charge in [0.25, 0.3) is 0 Å². The highest BCUT2D eigenvalue weighted by Gasteiger charge is 2.30. The summed E-state index contributed by atoms with van der Waals surface area (Å²) >= 11 is 8.35. The number of hydrogen-bond donors (Lipinski definition) is 0. The molecule has 0 saturated carbocycles. The molecule has 96 valence electrons. The van der Waals surface area contributed by atoms with Gasteiger partial charge in [-0.2, -0.15) is 0 Å². The van der Waals surface area contributed by atoms with Gasteiger partial charge in [-0.05, 0) is 37.3 Å². The van der Waals surface area contributed by atoms with Gasteiger partial charge in [0.05, 0.1) is 17.6 Å². The molecule has 1 nitrogen and oxygen atoms in total. The van der Waals surface area contributed by atoms with Gasteiger partial charge < -0.3 is 4.74 Å². The van der Waals surface area contributed by atoms with Crippen molar-refractivity contribution in [3.63, 3.8) is 0 Å². The molecule has 0 aliphatic carbocycles. The minimum absolute atomic E-state index is 0.0149. The first-order chi connectivity index (χ1) is 7.88. The summed E-state index contributed by atoms with van der Waals surface area (Å²) in [5, 5.41) is 0.0149. The Morgan fingerprint density at radius 3 is 2.53 bits per heavy atom. The SMILES string of the molecule is CC1CCC(C(Cl)c2ccc(C(C)(C)C)s2)O1. The molecular formula is C14H21ClOS. The second-order valence-corrected chi connectivity index (χ2v) is 7.50. The number of ether oxygens (including phenoxy) is 1. The molecule has 17 heavy (non-hydrogen) atoms. The largest absolute Gasteiger partial charge is 0.373 e. The predicted octanol–water partition coefficient (Wildman–Crippen LogP) is 4.89. The van der Waals surface area contributed by atoms with Gasteiger partial charge in [-0.25, -0.2) is 0 Å². The van der Waals surface area contributed by atoms with Crippen LogP contribution in [0.2, 0.25) is 0 Å². The van der Waals surface area contributed by atoms with E-state index in [1.165, 1.54) is 9.75 Å². The van der Waals surface area contributed by atoms with E-state index in [-0.39, 0.29) is 16.9 Å². The molecule has 1 aromatic rings. The fraction of sp³-hybridized carbons (Fsp3) is 0.714. The summed E-state index contributed by atoms with van der Waals surface area (Å²) in [6.45, 7) is 8.83. The summed E-state index contributed by atoms with van der Waals surface area (Å²) in [6, 6.07) is 4.36. The van der Waals surface area contributed by atoms with Crippen LogP contribution < -0.4 is 0 Å². The van der Waals surface area contributed by atoms with Crippen molar-refractivity contribution in [3.05, 3.63) is 21.9 Å². The molecule has 2 rings (SSSR count). The molecule has 2 heterocycles. The second-order valence-electron chi connectivity index (χ2n) is 5.92. The maximum absolute atomic E-state index is 6.53. The highest BCUT2D eigenvalue weighted by atomic mass is 35.5. The van der Waals surface area contributed by atoms with Crippen molar-refractivity contribution in [3.8, 4) is 0 Å². The molecule has 1 aliphatic heterocycles. The van der Waals surface area contributed by atoms with Gasteiger partial charge in [-0.3, -0.25) is 0 Å². The van der Waals surface area contributed by atoms with E-state index in [2.05, 4.69) is 39.8 Å². The van der Waals surface area contributed by atoms with Crippen LogP contribution in [-0.4, -0.2) is 12.2 Å². The second kappa shape index (κ2) is 4.91. The summed E-state index contributed by atoms with van der Waals surface area (Å²) in [5.74, 6) is 0. The number of halogens is 1. The first kappa shape index (κ1) is 13.4. The van der Waals surface area contributed by atoms with Crippen LogP contribution >= 0.6 is 22.9 Å². The van der Waals surface area contributed by atoms with Crippen molar-refractivity contribution in [2.75, 3.05) is 0 Å². The van der Waals surface area contributed by atoms with Crippen LogP contribution in [0.25, 0.3) is 0 Å². The summed E-state index contributed by atoms with van der Waals surface area (Å²) in [5.41, 5.74) is 0.212. The van der Waals surface area contributed by atoms with Gasteiger partial charge in [-0.1, -0.05) is 20.8 Å². The Kier molecular flexibility index (Phi) is 3.86. The Bertz CT molecular complexity index is 380. The van der Waals surface area contributed by atoms with Crippen LogP contribution in [0.3, 0.4) is 0 Å². The Labute approximate surface area is 113 Å². The van der Waals surface area contributed by atoms with Gasteiger partial charge in [-0.15, -0.1) is 22.9 Å². The third-order valence-electron chi connectivity index (χ3n) is 3.23. The molecule has 1 fully saturated rings. The standard InChI is InChI=1S/C14H21ClOS/c1-9-5-6-10(16-9)13(15)11-7-8-12(17-11)14(2,3)4/h7-10,13H,5-6H2,1-4H3. The van der Waals surface area contributed by atoms with Crippen molar-refractivity contribution in [2.24, 2.45) is 0 Å². The molecule has 1 aliphatic rings. The third kappa shape index (κ3) is 3.04. The number of thiophene rings is 1. The van der Waals surface area contributed by atoms with Gasteiger partial charge in [0.15, 0.2) is 0 Å². The third-order valence-corrected chi connectivity index (χ3v) is 5.47. The first-order valence-electron chi connectivity index (χ1n) is 6.27. The highest BCUT2D eigenvalue weighted by Crippen LogP contribution is 2.40. The van der Waals surface area contributed by atoms with E-state index >= 15 is 0 Å². The minimum Gasteiger partial charge on any atom is -0.373 e. The Balaban J connectivity index is 2.09. The van der Waals surface area contributed by atoms with E-state index in [1.54, 1.807) is 0 Å². The van der Waals surface area contributed by atoms with Crippen molar-refractivity contribution in [1.29, 1.82) is 0 Å². The summed E-state index contributed by atoms with van der Waals surface area (Å²) in [4.78, 5) is 2.64. The molecule has 1 saturated heterocycles. The fourth-order valence-corrected chi connectivity index (χ4v) is 3.62. The lowest BCUT2D eigenvalue weighted by atomic mass is 9.95. The predicted molar refractivity (Wildman–Crippen MR) is 75.2 cm³/mol. The molecule has 0 amide bonds. The zero-order valence-corrected chi connectivity index (χ0v) is 12.6. The van der Waals surface area contributed by atoms with E-state index in [0.717, 1.165) is 12.8 Å². The van der Waals surface area contributed by atoms with E-state index in [0.29, 0.717) is 6.10 Å². The van der Waals surface area contributed by atoms with Crippen LogP contribution in [0.5, 0.6) is 0 Å². The Morgan fingerprint density at radius 2 is 2.06 bits per heavy atom. The number of rotatable bonds is 2. The minimum atomic E-state index is 0.0149. The molecule has 0 bridgehead atoms. The molecular weight excluding hydrogens is 252 g/mol. The van der Waals surface area contributed by atoms with Gasteiger partial charge in [0, 0.05) is 9.75 Å². The van der Waals surface area contributed by atoms with Crippen LogP contribution in [0.1, 0.15) is 55.7 Å². The van der Waals surface area contributed by atoms with Gasteiger partial charge in [0.2, 0.25) is 0 Å². The zero-order chi connectivity index (χ0) is 12.6. The summed E-state index contributed by atoms with van der Waals surface area (Å²) < 4.78 is 5.85. The maximum atomic E-state index is 6.53. The lowest BCUT2D eigenvalue weighted by molar-refractivity contribution is 0.0538. The monoisotopic (exact) mass is 272 g/mol. The fourth-order valence-electron chi connectivity index (χ4n) is 2.14. The smallest absolute Gasteiger partial charge is 0.0939 e. The molecule has 1 aromatic heterocycles. The van der Waals surface area contributed by atoms with Crippen molar-refractivity contribution < 1.29 is 4.74 Å². The van der Waals surface area contributed by atoms with E-state index in [9.17, 15) is 0 Å². The van der Waals surface area contributed by atoms with E-state index in [1.807, 2.05) is 11.3 Å². The highest BCUT2D eigenvalue weighted by molar-refractivity contribution is 7.12. The molecule has 3 heteroatoms. The molecule has 3 unspecified atom stereocenters. The molecule has 0 aromatic carbocycles. The molecule has 0 N–H and O–H groups in total. The van der Waals surface area contributed by atoms with E-state index in [4.69, 9.17) is 16.3 Å². The normalized spacial score (nSPS) is 27.4. The average Bonchev–Trinajstić information content (AvgIpc) is 2.83. The average molecular weight is 273 g/mol. The van der Waals surface area contributed by atoms with Crippen molar-refractivity contribution in [1.82, 2.24) is 0 Å². The van der Waals surface area contributed by atoms with Gasteiger partial charge >= 0.3 is 0 Å².